The zero-order valence-corrected chi connectivity index (χ0v) is 10.6. The van der Waals surface area contributed by atoms with Crippen LogP contribution < -0.4 is 11.1 Å². The van der Waals surface area contributed by atoms with Crippen molar-refractivity contribution >= 4 is 5.91 Å². The van der Waals surface area contributed by atoms with E-state index >= 15 is 0 Å². The topological polar surface area (TPSA) is 85.8 Å². The molecule has 1 amide bonds. The maximum atomic E-state index is 11.6. The van der Waals surface area contributed by atoms with Crippen molar-refractivity contribution in [2.45, 2.75) is 19.0 Å². The smallest absolute Gasteiger partial charge is 0.221 e. The fourth-order valence-electron chi connectivity index (χ4n) is 1.69. The van der Waals surface area contributed by atoms with Crippen LogP contribution in [0.5, 0.6) is 0 Å². The lowest BCUT2D eigenvalue weighted by atomic mass is 10.1. The normalized spacial score (nSPS) is 12.1. The van der Waals surface area contributed by atoms with E-state index < -0.39 is 0 Å². The van der Waals surface area contributed by atoms with Gasteiger partial charge in [0, 0.05) is 19.0 Å². The van der Waals surface area contributed by atoms with Crippen LogP contribution in [0.1, 0.15) is 18.0 Å². The first-order valence-electron chi connectivity index (χ1n) is 6.15. The number of nitrogens with two attached hydrogens (primary N) is 1. The Morgan fingerprint density at radius 1 is 1.37 bits per heavy atom. The Kier molecular flexibility index (Phi) is 4.63. The number of hydrogen-bond donors (Lipinski definition) is 2. The van der Waals surface area contributed by atoms with Crippen molar-refractivity contribution in [1.82, 2.24) is 20.1 Å². The van der Waals surface area contributed by atoms with Crippen LogP contribution in [0.2, 0.25) is 0 Å². The molecule has 1 atom stereocenters. The van der Waals surface area contributed by atoms with Gasteiger partial charge in [0.05, 0.1) is 6.54 Å². The Bertz CT molecular complexity index is 497. The minimum Gasteiger partial charge on any atom is -0.354 e. The molecular formula is C13H17N5O. The van der Waals surface area contributed by atoms with Crippen molar-refractivity contribution in [2.24, 2.45) is 5.73 Å². The third kappa shape index (κ3) is 4.18. The van der Waals surface area contributed by atoms with Crippen LogP contribution in [0.4, 0.5) is 0 Å². The average Bonchev–Trinajstić information content (AvgIpc) is 2.96. The number of aryl methyl sites for hydroxylation is 1. The monoisotopic (exact) mass is 259 g/mol. The Morgan fingerprint density at radius 2 is 2.16 bits per heavy atom. The zero-order valence-electron chi connectivity index (χ0n) is 10.6. The lowest BCUT2D eigenvalue weighted by molar-refractivity contribution is -0.121. The van der Waals surface area contributed by atoms with Gasteiger partial charge in [0.1, 0.15) is 12.7 Å². The molecule has 0 aliphatic carbocycles. The molecule has 1 heterocycles. The first kappa shape index (κ1) is 13.2. The minimum atomic E-state index is -0.184. The van der Waals surface area contributed by atoms with E-state index in [2.05, 4.69) is 15.4 Å². The summed E-state index contributed by atoms with van der Waals surface area (Å²) in [4.78, 5) is 15.5. The average molecular weight is 259 g/mol. The molecule has 0 saturated carbocycles. The van der Waals surface area contributed by atoms with Crippen molar-refractivity contribution < 1.29 is 4.79 Å². The van der Waals surface area contributed by atoms with E-state index in [1.54, 1.807) is 11.0 Å². The van der Waals surface area contributed by atoms with Crippen LogP contribution in [-0.4, -0.2) is 27.2 Å². The van der Waals surface area contributed by atoms with Crippen LogP contribution in [-0.2, 0) is 11.3 Å². The second-order valence-electron chi connectivity index (χ2n) is 4.23. The lowest BCUT2D eigenvalue weighted by Crippen LogP contribution is -2.32. The summed E-state index contributed by atoms with van der Waals surface area (Å²) >= 11 is 0. The number of benzene rings is 1. The molecule has 0 fully saturated rings. The molecule has 1 unspecified atom stereocenters. The second kappa shape index (κ2) is 6.65. The Morgan fingerprint density at radius 3 is 2.84 bits per heavy atom. The van der Waals surface area contributed by atoms with Crippen LogP contribution in [0.25, 0.3) is 0 Å². The summed E-state index contributed by atoms with van der Waals surface area (Å²) in [6, 6.07) is 9.52. The van der Waals surface area contributed by atoms with Gasteiger partial charge in [0.2, 0.25) is 5.91 Å². The molecule has 1 aromatic heterocycles. The zero-order chi connectivity index (χ0) is 13.5. The number of carbonyl (C=O) groups excluding carboxylic acids is 1. The summed E-state index contributed by atoms with van der Waals surface area (Å²) in [6.45, 7) is 0.951. The van der Waals surface area contributed by atoms with Crippen LogP contribution in [0.15, 0.2) is 43.0 Å². The van der Waals surface area contributed by atoms with Gasteiger partial charge in [-0.15, -0.1) is 0 Å². The molecule has 0 bridgehead atoms. The molecule has 0 aliphatic heterocycles. The SMILES string of the molecule is NC(CNC(=O)CCn1cncn1)c1ccccc1. The standard InChI is InChI=1S/C13H17N5O/c14-12(11-4-2-1-3-5-11)8-16-13(19)6-7-18-10-15-9-17-18/h1-5,9-10,12H,6-8,14H2,(H,16,19). The van der Waals surface area contributed by atoms with E-state index in [4.69, 9.17) is 5.73 Å². The molecule has 19 heavy (non-hydrogen) atoms. The van der Waals surface area contributed by atoms with Crippen LogP contribution >= 0.6 is 0 Å². The summed E-state index contributed by atoms with van der Waals surface area (Å²) in [7, 11) is 0. The van der Waals surface area contributed by atoms with Crippen molar-refractivity contribution in [3.05, 3.63) is 48.5 Å². The molecule has 6 heteroatoms. The van der Waals surface area contributed by atoms with Gasteiger partial charge >= 0.3 is 0 Å². The molecule has 0 saturated heterocycles. The number of carbonyl (C=O) groups is 1. The van der Waals surface area contributed by atoms with Crippen LogP contribution in [0.3, 0.4) is 0 Å². The largest absolute Gasteiger partial charge is 0.354 e. The maximum Gasteiger partial charge on any atom is 0.221 e. The second-order valence-corrected chi connectivity index (χ2v) is 4.23. The number of nitrogens with one attached hydrogen (secondary N) is 1. The molecule has 0 aliphatic rings. The summed E-state index contributed by atoms with van der Waals surface area (Å²) in [6.07, 6.45) is 3.40. The minimum absolute atomic E-state index is 0.0399. The third-order valence-electron chi connectivity index (χ3n) is 2.78. The molecular weight excluding hydrogens is 242 g/mol. The van der Waals surface area contributed by atoms with Gasteiger partial charge in [-0.25, -0.2) is 4.98 Å². The highest BCUT2D eigenvalue weighted by Crippen LogP contribution is 2.07. The van der Waals surface area contributed by atoms with Gasteiger partial charge < -0.3 is 11.1 Å². The van der Waals surface area contributed by atoms with Crippen molar-refractivity contribution in [3.8, 4) is 0 Å². The quantitative estimate of drug-likeness (QED) is 0.790. The molecule has 0 spiro atoms. The maximum absolute atomic E-state index is 11.6. The first-order chi connectivity index (χ1) is 9.25. The highest BCUT2D eigenvalue weighted by atomic mass is 16.1. The predicted molar refractivity (Wildman–Crippen MR) is 71.0 cm³/mol. The fourth-order valence-corrected chi connectivity index (χ4v) is 1.69. The summed E-state index contributed by atoms with van der Waals surface area (Å²) < 4.78 is 1.62. The molecule has 0 radical (unpaired) electrons. The van der Waals surface area contributed by atoms with Gasteiger partial charge in [-0.1, -0.05) is 30.3 Å². The van der Waals surface area contributed by atoms with Crippen molar-refractivity contribution in [2.75, 3.05) is 6.54 Å². The molecule has 1 aromatic carbocycles. The van der Waals surface area contributed by atoms with Crippen molar-refractivity contribution in [3.63, 3.8) is 0 Å². The van der Waals surface area contributed by atoms with E-state index in [0.29, 0.717) is 19.5 Å². The number of amides is 1. The summed E-state index contributed by atoms with van der Waals surface area (Å²) in [5.41, 5.74) is 7.00. The molecule has 2 aromatic rings. The van der Waals surface area contributed by atoms with Gasteiger partial charge in [-0.3, -0.25) is 9.48 Å². The van der Waals surface area contributed by atoms with Gasteiger partial charge in [0.15, 0.2) is 0 Å². The molecule has 3 N–H and O–H groups in total. The highest BCUT2D eigenvalue weighted by molar-refractivity contribution is 5.75. The lowest BCUT2D eigenvalue weighted by Gasteiger charge is -2.13. The van der Waals surface area contributed by atoms with E-state index in [1.165, 1.54) is 6.33 Å². The van der Waals surface area contributed by atoms with Gasteiger partial charge in [0.25, 0.3) is 0 Å². The molecule has 100 valence electrons. The third-order valence-corrected chi connectivity index (χ3v) is 2.78. The van der Waals surface area contributed by atoms with Crippen LogP contribution in [0, 0.1) is 0 Å². The summed E-state index contributed by atoms with van der Waals surface area (Å²) in [5.74, 6) is -0.0399. The van der Waals surface area contributed by atoms with Gasteiger partial charge in [-0.2, -0.15) is 5.10 Å². The predicted octanol–water partition coefficient (Wildman–Crippen LogP) is 0.484. The van der Waals surface area contributed by atoms with E-state index in [-0.39, 0.29) is 11.9 Å². The number of nitrogens with zero attached hydrogens (tertiary/aromatic N) is 3. The fraction of sp³-hybridized carbons (Fsp3) is 0.308. The Balaban J connectivity index is 1.71. The Hall–Kier alpha value is -2.21. The first-order valence-corrected chi connectivity index (χ1v) is 6.15. The number of rotatable bonds is 6. The van der Waals surface area contributed by atoms with Gasteiger partial charge in [-0.05, 0) is 5.56 Å². The Labute approximate surface area is 111 Å². The molecule has 2 rings (SSSR count). The van der Waals surface area contributed by atoms with E-state index in [1.807, 2.05) is 30.3 Å². The highest BCUT2D eigenvalue weighted by Gasteiger charge is 2.07. The summed E-state index contributed by atoms with van der Waals surface area (Å²) in [5, 5.41) is 6.75. The van der Waals surface area contributed by atoms with E-state index in [0.717, 1.165) is 5.56 Å². The number of hydrogen-bond acceptors (Lipinski definition) is 4. The van der Waals surface area contributed by atoms with Crippen molar-refractivity contribution in [1.29, 1.82) is 0 Å². The molecule has 6 nitrogen and oxygen atoms in total. The number of aromatic nitrogens is 3. The van der Waals surface area contributed by atoms with E-state index in [9.17, 15) is 4.79 Å².